The second-order valence-corrected chi connectivity index (χ2v) is 14.9. The van der Waals surface area contributed by atoms with Crippen LogP contribution in [0.25, 0.3) is 17.0 Å². The molecule has 2 atom stereocenters. The third-order valence-electron chi connectivity index (χ3n) is 9.45. The summed E-state index contributed by atoms with van der Waals surface area (Å²) in [4.78, 5) is 24.4. The standard InChI is InChI=1S/C37H42Cl2N8O2.CH2O2/c1-37(2,3)31-22-33(47(44-31)21-20-45-18-7-4-8-19-45)41-36(48)40-29-15-16-30(26-11-6-5-10-25(26)29)49-24-14-17-32-42-43-35(46(32)23-24)34-27(38)12-9-13-28(34)39;2-1-3/h5-6,9-14,17,22-23,29-30H,4,7-8,15-16,18-21H2,1-3H3,(H2,40,41,48);1H,(H,2,3)/t29-,30+;/m0./s1. The quantitative estimate of drug-likeness (QED) is 0.135. The van der Waals surface area contributed by atoms with Crippen molar-refractivity contribution in [2.75, 3.05) is 25.0 Å². The first-order valence-electron chi connectivity index (χ1n) is 17.6. The zero-order valence-electron chi connectivity index (χ0n) is 29.6. The molecule has 52 heavy (non-hydrogen) atoms. The minimum atomic E-state index is -0.250. The van der Waals surface area contributed by atoms with Gasteiger partial charge < -0.3 is 20.1 Å². The number of anilines is 1. The lowest BCUT2D eigenvalue weighted by molar-refractivity contribution is -0.122. The van der Waals surface area contributed by atoms with Gasteiger partial charge in [-0.1, -0.05) is 80.7 Å². The molecule has 0 spiro atoms. The van der Waals surface area contributed by atoms with Crippen LogP contribution >= 0.6 is 23.2 Å². The Balaban J connectivity index is 0.00000150. The zero-order valence-corrected chi connectivity index (χ0v) is 31.1. The zero-order chi connectivity index (χ0) is 36.8. The fourth-order valence-corrected chi connectivity index (χ4v) is 7.36. The number of likely N-dealkylation sites (tertiary alicyclic amines) is 1. The number of nitrogens with zero attached hydrogens (tertiary/aromatic N) is 6. The van der Waals surface area contributed by atoms with Crippen LogP contribution in [0.5, 0.6) is 5.75 Å². The molecule has 2 amide bonds. The average molecular weight is 748 g/mol. The number of halogens is 2. The highest BCUT2D eigenvalue weighted by atomic mass is 35.5. The molecule has 1 aliphatic carbocycles. The van der Waals surface area contributed by atoms with Gasteiger partial charge in [-0.05, 0) is 74.2 Å². The number of nitrogens with one attached hydrogen (secondary N) is 2. The van der Waals surface area contributed by atoms with Gasteiger partial charge in [0.15, 0.2) is 11.5 Å². The summed E-state index contributed by atoms with van der Waals surface area (Å²) in [6.45, 7) is 10.1. The number of carbonyl (C=O) groups excluding carboxylic acids is 1. The van der Waals surface area contributed by atoms with Gasteiger partial charge >= 0.3 is 6.03 Å². The fraction of sp³-hybridized carbons (Fsp3) is 0.395. The van der Waals surface area contributed by atoms with E-state index in [4.69, 9.17) is 42.9 Å². The third-order valence-corrected chi connectivity index (χ3v) is 10.1. The molecule has 1 saturated heterocycles. The van der Waals surface area contributed by atoms with Gasteiger partial charge in [-0.25, -0.2) is 9.48 Å². The van der Waals surface area contributed by atoms with Gasteiger partial charge in [-0.15, -0.1) is 10.2 Å². The lowest BCUT2D eigenvalue weighted by atomic mass is 9.85. The molecule has 7 rings (SSSR count). The Morgan fingerprint density at radius 1 is 0.962 bits per heavy atom. The van der Waals surface area contributed by atoms with E-state index in [1.807, 2.05) is 45.6 Å². The van der Waals surface area contributed by atoms with E-state index in [-0.39, 0.29) is 30.1 Å². The number of aromatic nitrogens is 5. The SMILES string of the molecule is CC(C)(C)c1cc(NC(=O)N[C@H]2CC[C@@H](Oc3ccc4nnc(-c5c(Cl)cccc5Cl)n4c3)c3ccccc32)n(CCN2CCCCC2)n1.O=CO. The van der Waals surface area contributed by atoms with Crippen LogP contribution in [0, 0.1) is 0 Å². The van der Waals surface area contributed by atoms with Crippen LogP contribution in [0.4, 0.5) is 10.6 Å². The van der Waals surface area contributed by atoms with Gasteiger partial charge in [0.25, 0.3) is 6.47 Å². The van der Waals surface area contributed by atoms with E-state index in [1.165, 1.54) is 19.3 Å². The lowest BCUT2D eigenvalue weighted by Crippen LogP contribution is -2.36. The lowest BCUT2D eigenvalue weighted by Gasteiger charge is -2.32. The molecule has 0 saturated carbocycles. The number of fused-ring (bicyclic) bond motifs is 2. The van der Waals surface area contributed by atoms with E-state index >= 15 is 0 Å². The number of piperidine rings is 1. The Kier molecular flexibility index (Phi) is 11.7. The van der Waals surface area contributed by atoms with Crippen molar-refractivity contribution in [1.29, 1.82) is 0 Å². The Hall–Kier alpha value is -4.65. The maximum absolute atomic E-state index is 13.5. The van der Waals surface area contributed by atoms with Crippen LogP contribution in [0.15, 0.2) is 66.9 Å². The van der Waals surface area contributed by atoms with Crippen LogP contribution < -0.4 is 15.4 Å². The van der Waals surface area contributed by atoms with Gasteiger partial charge in [-0.3, -0.25) is 14.5 Å². The molecule has 0 radical (unpaired) electrons. The number of hydrogen-bond acceptors (Lipinski definition) is 7. The van der Waals surface area contributed by atoms with Gasteiger partial charge in [0.2, 0.25) is 0 Å². The molecule has 1 fully saturated rings. The van der Waals surface area contributed by atoms with Crippen molar-refractivity contribution in [3.8, 4) is 17.1 Å². The van der Waals surface area contributed by atoms with Crippen molar-refractivity contribution in [2.24, 2.45) is 0 Å². The summed E-state index contributed by atoms with van der Waals surface area (Å²) in [6, 6.07) is 18.9. The summed E-state index contributed by atoms with van der Waals surface area (Å²) in [5, 5.41) is 27.8. The average Bonchev–Trinajstić information content (AvgIpc) is 3.73. The van der Waals surface area contributed by atoms with Crippen molar-refractivity contribution >= 4 is 47.2 Å². The number of hydrogen-bond donors (Lipinski definition) is 3. The van der Waals surface area contributed by atoms with Gasteiger partial charge in [0.05, 0.1) is 40.1 Å². The third kappa shape index (κ3) is 8.52. The van der Waals surface area contributed by atoms with Gasteiger partial charge in [0, 0.05) is 18.0 Å². The highest BCUT2D eigenvalue weighted by Crippen LogP contribution is 2.40. The largest absolute Gasteiger partial charge is 0.484 e. The molecule has 1 aliphatic heterocycles. The molecule has 5 aromatic rings. The molecule has 4 heterocycles. The first kappa shape index (κ1) is 37.1. The van der Waals surface area contributed by atoms with E-state index in [0.29, 0.717) is 51.5 Å². The maximum Gasteiger partial charge on any atom is 0.320 e. The van der Waals surface area contributed by atoms with Crippen LogP contribution in [0.1, 0.15) is 81.8 Å². The maximum atomic E-state index is 13.5. The number of rotatable bonds is 8. The minimum absolute atomic E-state index is 0.136. The Labute approximate surface area is 313 Å². The smallest absolute Gasteiger partial charge is 0.320 e. The van der Waals surface area contributed by atoms with Crippen molar-refractivity contribution in [3.05, 3.63) is 93.7 Å². The molecule has 0 unspecified atom stereocenters. The van der Waals surface area contributed by atoms with Crippen LogP contribution in [-0.2, 0) is 16.8 Å². The summed E-state index contributed by atoms with van der Waals surface area (Å²) >= 11 is 13.0. The predicted molar refractivity (Wildman–Crippen MR) is 202 cm³/mol. The molecule has 2 aliphatic rings. The molecular formula is C38H44Cl2N8O4. The first-order valence-corrected chi connectivity index (χ1v) is 18.3. The van der Waals surface area contributed by atoms with Crippen molar-refractivity contribution < 1.29 is 19.4 Å². The summed E-state index contributed by atoms with van der Waals surface area (Å²) < 4.78 is 10.4. The summed E-state index contributed by atoms with van der Waals surface area (Å²) in [5.41, 5.74) is 4.17. The summed E-state index contributed by atoms with van der Waals surface area (Å²) in [6.07, 6.45) is 6.88. The number of carbonyl (C=O) groups is 2. The molecule has 3 N–H and O–H groups in total. The highest BCUT2D eigenvalue weighted by Gasteiger charge is 2.30. The van der Waals surface area contributed by atoms with E-state index in [9.17, 15) is 4.79 Å². The Morgan fingerprint density at radius 2 is 1.67 bits per heavy atom. The topological polar surface area (TPSA) is 139 Å². The van der Waals surface area contributed by atoms with Crippen LogP contribution in [-0.4, -0.2) is 66.5 Å². The number of pyridine rings is 1. The molecule has 3 aromatic heterocycles. The van der Waals surface area contributed by atoms with Crippen LogP contribution in [0.3, 0.4) is 0 Å². The van der Waals surface area contributed by atoms with E-state index < -0.39 is 0 Å². The Morgan fingerprint density at radius 3 is 2.38 bits per heavy atom. The minimum Gasteiger partial charge on any atom is -0.484 e. The van der Waals surface area contributed by atoms with Crippen molar-refractivity contribution in [1.82, 2.24) is 34.6 Å². The normalized spacial score (nSPS) is 17.5. The molecule has 14 heteroatoms. The number of ether oxygens (including phenoxy) is 1. The van der Waals surface area contributed by atoms with E-state index in [0.717, 1.165) is 43.0 Å². The van der Waals surface area contributed by atoms with Crippen molar-refractivity contribution in [2.45, 2.75) is 77.0 Å². The second kappa shape index (κ2) is 16.4. The summed E-state index contributed by atoms with van der Waals surface area (Å²) in [5.74, 6) is 1.91. The second-order valence-electron chi connectivity index (χ2n) is 14.1. The van der Waals surface area contributed by atoms with E-state index in [1.54, 1.807) is 18.2 Å². The molecule has 12 nitrogen and oxygen atoms in total. The molecule has 2 aromatic carbocycles. The number of amides is 2. The van der Waals surface area contributed by atoms with Gasteiger partial charge in [-0.2, -0.15) is 5.10 Å². The van der Waals surface area contributed by atoms with Gasteiger partial charge in [0.1, 0.15) is 17.7 Å². The highest BCUT2D eigenvalue weighted by molar-refractivity contribution is 6.39. The monoisotopic (exact) mass is 746 g/mol. The van der Waals surface area contributed by atoms with Crippen molar-refractivity contribution in [3.63, 3.8) is 0 Å². The fourth-order valence-electron chi connectivity index (χ4n) is 6.79. The van der Waals surface area contributed by atoms with E-state index in [2.05, 4.69) is 58.6 Å². The predicted octanol–water partition coefficient (Wildman–Crippen LogP) is 8.16. The number of carboxylic acid groups (broad SMARTS) is 1. The van der Waals surface area contributed by atoms with Crippen LogP contribution in [0.2, 0.25) is 10.0 Å². The number of benzene rings is 2. The molecular weight excluding hydrogens is 703 g/mol. The Bertz CT molecular complexity index is 2000. The first-order chi connectivity index (χ1) is 25.0. The summed E-state index contributed by atoms with van der Waals surface area (Å²) in [7, 11) is 0. The molecule has 0 bridgehead atoms. The molecule has 274 valence electrons. The number of urea groups is 1.